The lowest BCUT2D eigenvalue weighted by Crippen LogP contribution is -2.46. The third kappa shape index (κ3) is 5.45. The molecule has 1 heterocycles. The Labute approximate surface area is 157 Å². The quantitative estimate of drug-likeness (QED) is 0.733. The number of anilines is 1. The molecular weight excluding hydrogens is 324 g/mol. The molecule has 144 valence electrons. The number of nitrogens with one attached hydrogen (secondary N) is 1. The number of benzene rings is 1. The zero-order valence-electron chi connectivity index (χ0n) is 16.1. The van der Waals surface area contributed by atoms with E-state index in [-0.39, 0.29) is 17.9 Å². The second-order valence-electron chi connectivity index (χ2n) is 7.94. The van der Waals surface area contributed by atoms with Gasteiger partial charge in [0, 0.05) is 50.4 Å². The summed E-state index contributed by atoms with van der Waals surface area (Å²) in [4.78, 5) is 17.1. The van der Waals surface area contributed by atoms with Gasteiger partial charge >= 0.3 is 0 Å². The Hall–Kier alpha value is -1.59. The first-order valence-corrected chi connectivity index (χ1v) is 10.2. The SMILES string of the molecule is Cc1cccc(N2CCN(CCCCNC(=O)C3CCC(N)C3)CC2)c1. The molecule has 5 heteroatoms. The summed E-state index contributed by atoms with van der Waals surface area (Å²) < 4.78 is 0. The van der Waals surface area contributed by atoms with Gasteiger partial charge in [0.2, 0.25) is 5.91 Å². The van der Waals surface area contributed by atoms with Crippen molar-refractivity contribution in [1.82, 2.24) is 10.2 Å². The molecule has 1 aliphatic carbocycles. The van der Waals surface area contributed by atoms with Crippen LogP contribution in [0.25, 0.3) is 0 Å². The number of hydrogen-bond donors (Lipinski definition) is 2. The molecule has 1 amide bonds. The second-order valence-corrected chi connectivity index (χ2v) is 7.94. The topological polar surface area (TPSA) is 61.6 Å². The van der Waals surface area contributed by atoms with Crippen molar-refractivity contribution in [3.8, 4) is 0 Å². The molecule has 0 bridgehead atoms. The average Bonchev–Trinajstić information content (AvgIpc) is 3.08. The lowest BCUT2D eigenvalue weighted by Gasteiger charge is -2.36. The van der Waals surface area contributed by atoms with Crippen LogP contribution in [0, 0.1) is 12.8 Å². The molecule has 1 aliphatic heterocycles. The van der Waals surface area contributed by atoms with Crippen molar-refractivity contribution in [2.75, 3.05) is 44.2 Å². The van der Waals surface area contributed by atoms with Crippen molar-refractivity contribution in [1.29, 1.82) is 0 Å². The van der Waals surface area contributed by atoms with Crippen LogP contribution in [0.4, 0.5) is 5.69 Å². The number of piperazine rings is 1. The highest BCUT2D eigenvalue weighted by Crippen LogP contribution is 2.24. The highest BCUT2D eigenvalue weighted by atomic mass is 16.1. The summed E-state index contributed by atoms with van der Waals surface area (Å²) in [6, 6.07) is 9.01. The Morgan fingerprint density at radius 3 is 2.69 bits per heavy atom. The van der Waals surface area contributed by atoms with Crippen LogP contribution in [0.5, 0.6) is 0 Å². The fourth-order valence-corrected chi connectivity index (χ4v) is 4.13. The molecule has 0 radical (unpaired) electrons. The Balaban J connectivity index is 1.27. The predicted octanol–water partition coefficient (Wildman–Crippen LogP) is 2.14. The van der Waals surface area contributed by atoms with Crippen molar-refractivity contribution in [3.63, 3.8) is 0 Å². The van der Waals surface area contributed by atoms with Gasteiger partial charge in [-0.05, 0) is 63.3 Å². The van der Waals surface area contributed by atoms with Crippen LogP contribution >= 0.6 is 0 Å². The molecule has 0 spiro atoms. The van der Waals surface area contributed by atoms with E-state index in [1.54, 1.807) is 0 Å². The molecule has 2 aliphatic rings. The summed E-state index contributed by atoms with van der Waals surface area (Å²) in [5.41, 5.74) is 8.56. The summed E-state index contributed by atoms with van der Waals surface area (Å²) in [7, 11) is 0. The molecule has 1 aromatic carbocycles. The Bertz CT molecular complexity index is 583. The minimum atomic E-state index is 0.153. The Morgan fingerprint density at radius 1 is 1.19 bits per heavy atom. The van der Waals surface area contributed by atoms with Gasteiger partial charge in [-0.1, -0.05) is 12.1 Å². The molecule has 3 rings (SSSR count). The monoisotopic (exact) mass is 358 g/mol. The number of aryl methyl sites for hydroxylation is 1. The molecule has 0 aromatic heterocycles. The number of nitrogens with two attached hydrogens (primary N) is 1. The van der Waals surface area contributed by atoms with E-state index in [9.17, 15) is 4.79 Å². The molecule has 2 unspecified atom stereocenters. The summed E-state index contributed by atoms with van der Waals surface area (Å²) in [6.45, 7) is 8.53. The lowest BCUT2D eigenvalue weighted by molar-refractivity contribution is -0.124. The van der Waals surface area contributed by atoms with Gasteiger partial charge in [-0.15, -0.1) is 0 Å². The van der Waals surface area contributed by atoms with Crippen LogP contribution in [-0.4, -0.2) is 56.1 Å². The summed E-state index contributed by atoms with van der Waals surface area (Å²) >= 11 is 0. The number of nitrogens with zero attached hydrogens (tertiary/aromatic N) is 2. The van der Waals surface area contributed by atoms with Gasteiger partial charge < -0.3 is 16.0 Å². The first-order valence-electron chi connectivity index (χ1n) is 10.2. The van der Waals surface area contributed by atoms with Crippen molar-refractivity contribution in [2.45, 2.75) is 45.1 Å². The number of rotatable bonds is 7. The molecule has 2 fully saturated rings. The molecule has 1 saturated heterocycles. The average molecular weight is 359 g/mol. The predicted molar refractivity (Wildman–Crippen MR) is 107 cm³/mol. The van der Waals surface area contributed by atoms with E-state index < -0.39 is 0 Å². The van der Waals surface area contributed by atoms with E-state index in [0.717, 1.165) is 71.4 Å². The maximum absolute atomic E-state index is 12.1. The standard InChI is InChI=1S/C21H34N4O/c1-17-5-4-6-20(15-17)25-13-11-24(12-14-25)10-3-2-9-23-21(26)18-7-8-19(22)16-18/h4-6,15,18-19H,2-3,7-14,16,22H2,1H3,(H,23,26). The van der Waals surface area contributed by atoms with Crippen LogP contribution in [0.1, 0.15) is 37.7 Å². The van der Waals surface area contributed by atoms with Gasteiger partial charge in [-0.3, -0.25) is 9.69 Å². The molecule has 2 atom stereocenters. The number of carbonyl (C=O) groups excluding carboxylic acids is 1. The zero-order valence-corrected chi connectivity index (χ0v) is 16.1. The summed E-state index contributed by atoms with van der Waals surface area (Å²) in [6.07, 6.45) is 5.01. The van der Waals surface area contributed by atoms with Crippen LogP contribution in [-0.2, 0) is 4.79 Å². The van der Waals surface area contributed by atoms with Gasteiger partial charge in [-0.25, -0.2) is 0 Å². The van der Waals surface area contributed by atoms with E-state index in [1.807, 2.05) is 0 Å². The first-order chi connectivity index (χ1) is 12.6. The minimum absolute atomic E-state index is 0.153. The smallest absolute Gasteiger partial charge is 0.223 e. The van der Waals surface area contributed by atoms with Gasteiger partial charge in [-0.2, -0.15) is 0 Å². The normalized spacial score (nSPS) is 24.0. The molecule has 3 N–H and O–H groups in total. The van der Waals surface area contributed by atoms with Crippen LogP contribution in [0.2, 0.25) is 0 Å². The molecule has 1 aromatic rings. The van der Waals surface area contributed by atoms with Crippen molar-refractivity contribution < 1.29 is 4.79 Å². The van der Waals surface area contributed by atoms with Crippen LogP contribution < -0.4 is 16.0 Å². The second kappa shape index (κ2) is 9.38. The van der Waals surface area contributed by atoms with Crippen molar-refractivity contribution >= 4 is 11.6 Å². The van der Waals surface area contributed by atoms with Crippen molar-refractivity contribution in [3.05, 3.63) is 29.8 Å². The van der Waals surface area contributed by atoms with Crippen LogP contribution in [0.15, 0.2) is 24.3 Å². The summed E-state index contributed by atoms with van der Waals surface area (Å²) in [5.74, 6) is 0.365. The summed E-state index contributed by atoms with van der Waals surface area (Å²) in [5, 5.41) is 3.10. The lowest BCUT2D eigenvalue weighted by atomic mass is 10.1. The molecule has 26 heavy (non-hydrogen) atoms. The largest absolute Gasteiger partial charge is 0.369 e. The van der Waals surface area contributed by atoms with Gasteiger partial charge in [0.05, 0.1) is 0 Å². The maximum atomic E-state index is 12.1. The van der Waals surface area contributed by atoms with E-state index in [0.29, 0.717) is 0 Å². The number of unbranched alkanes of at least 4 members (excludes halogenated alkanes) is 1. The highest BCUT2D eigenvalue weighted by Gasteiger charge is 2.27. The van der Waals surface area contributed by atoms with Gasteiger partial charge in [0.15, 0.2) is 0 Å². The Morgan fingerprint density at radius 2 is 2.00 bits per heavy atom. The highest BCUT2D eigenvalue weighted by molar-refractivity contribution is 5.78. The van der Waals surface area contributed by atoms with E-state index >= 15 is 0 Å². The molecule has 1 saturated carbocycles. The number of carbonyl (C=O) groups is 1. The van der Waals surface area contributed by atoms with Crippen LogP contribution in [0.3, 0.4) is 0 Å². The third-order valence-electron chi connectivity index (χ3n) is 5.78. The van der Waals surface area contributed by atoms with Gasteiger partial charge in [0.1, 0.15) is 0 Å². The fraction of sp³-hybridized carbons (Fsp3) is 0.667. The zero-order chi connectivity index (χ0) is 18.4. The van der Waals surface area contributed by atoms with E-state index in [1.165, 1.54) is 11.3 Å². The molecular formula is C21H34N4O. The fourth-order valence-electron chi connectivity index (χ4n) is 4.13. The van der Waals surface area contributed by atoms with Crippen molar-refractivity contribution in [2.24, 2.45) is 11.7 Å². The van der Waals surface area contributed by atoms with E-state index in [4.69, 9.17) is 5.73 Å². The minimum Gasteiger partial charge on any atom is -0.369 e. The first kappa shape index (κ1) is 19.2. The number of amides is 1. The maximum Gasteiger partial charge on any atom is 0.223 e. The number of hydrogen-bond acceptors (Lipinski definition) is 4. The molecule has 5 nitrogen and oxygen atoms in total. The van der Waals surface area contributed by atoms with Gasteiger partial charge in [0.25, 0.3) is 0 Å². The Kier molecular flexibility index (Phi) is 6.92. The van der Waals surface area contributed by atoms with E-state index in [2.05, 4.69) is 46.3 Å². The third-order valence-corrected chi connectivity index (χ3v) is 5.78.